The first-order valence-electron chi connectivity index (χ1n) is 5.76. The van der Waals surface area contributed by atoms with E-state index in [1.807, 2.05) is 6.92 Å². The highest BCUT2D eigenvalue weighted by Crippen LogP contribution is 2.25. The van der Waals surface area contributed by atoms with Gasteiger partial charge in [-0.05, 0) is 54.0 Å². The summed E-state index contributed by atoms with van der Waals surface area (Å²) in [6.45, 7) is 2.81. The molecule has 1 aromatic heterocycles. The molecule has 0 spiro atoms. The largest absolute Gasteiger partial charge is 0.354 e. The van der Waals surface area contributed by atoms with Crippen LogP contribution in [0.1, 0.15) is 13.3 Å². The van der Waals surface area contributed by atoms with E-state index < -0.39 is 0 Å². The van der Waals surface area contributed by atoms with Crippen LogP contribution in [0.5, 0.6) is 0 Å². The molecule has 0 radical (unpaired) electrons. The Morgan fingerprint density at radius 3 is 2.63 bits per heavy atom. The van der Waals surface area contributed by atoms with Gasteiger partial charge in [0.2, 0.25) is 11.2 Å². The minimum absolute atomic E-state index is 0.137. The van der Waals surface area contributed by atoms with Crippen molar-refractivity contribution in [3.05, 3.63) is 35.4 Å². The molecule has 1 aromatic carbocycles. The molecule has 4 nitrogen and oxygen atoms in total. The topological polar surface area (TPSA) is 50.7 Å². The molecule has 0 unspecified atom stereocenters. The highest BCUT2D eigenvalue weighted by atomic mass is 35.5. The van der Waals surface area contributed by atoms with Crippen LogP contribution in [0.2, 0.25) is 5.28 Å². The Hall–Kier alpha value is -1.40. The standard InChI is InChI=1S/C12H12ClFN4S/c1-2-7-15-11-16-10(13)17-12(18-11)19-9-5-3-8(14)4-6-9/h3-6H,2,7H2,1H3,(H,15,16,17,18). The van der Waals surface area contributed by atoms with Crippen molar-refractivity contribution >= 4 is 29.3 Å². The third kappa shape index (κ3) is 4.33. The van der Waals surface area contributed by atoms with Crippen LogP contribution in [-0.4, -0.2) is 21.5 Å². The Kier molecular flexibility index (Phi) is 4.93. The Balaban J connectivity index is 2.15. The normalized spacial score (nSPS) is 10.5. The van der Waals surface area contributed by atoms with Gasteiger partial charge in [-0.25, -0.2) is 4.39 Å². The summed E-state index contributed by atoms with van der Waals surface area (Å²) in [4.78, 5) is 13.1. The summed E-state index contributed by atoms with van der Waals surface area (Å²) in [5.74, 6) is 0.176. The highest BCUT2D eigenvalue weighted by molar-refractivity contribution is 7.99. The molecule has 0 fully saturated rings. The van der Waals surface area contributed by atoms with Crippen LogP contribution in [-0.2, 0) is 0 Å². The molecule has 0 bridgehead atoms. The van der Waals surface area contributed by atoms with Gasteiger partial charge in [0.25, 0.3) is 0 Å². The van der Waals surface area contributed by atoms with Gasteiger partial charge in [0, 0.05) is 11.4 Å². The van der Waals surface area contributed by atoms with Crippen LogP contribution in [0.4, 0.5) is 10.3 Å². The van der Waals surface area contributed by atoms with Crippen molar-refractivity contribution in [3.63, 3.8) is 0 Å². The minimum Gasteiger partial charge on any atom is -0.354 e. The summed E-state index contributed by atoms with van der Waals surface area (Å²) < 4.78 is 12.8. The second kappa shape index (κ2) is 6.68. The van der Waals surface area contributed by atoms with Gasteiger partial charge in [0.15, 0.2) is 5.16 Å². The van der Waals surface area contributed by atoms with Crippen molar-refractivity contribution in [2.45, 2.75) is 23.4 Å². The smallest absolute Gasteiger partial charge is 0.228 e. The molecule has 2 rings (SSSR count). The lowest BCUT2D eigenvalue weighted by molar-refractivity contribution is 0.626. The van der Waals surface area contributed by atoms with E-state index in [1.54, 1.807) is 12.1 Å². The second-order valence-electron chi connectivity index (χ2n) is 3.69. The van der Waals surface area contributed by atoms with Gasteiger partial charge in [-0.3, -0.25) is 0 Å². The molecule has 19 heavy (non-hydrogen) atoms. The number of nitrogens with zero attached hydrogens (tertiary/aromatic N) is 3. The maximum Gasteiger partial charge on any atom is 0.228 e. The van der Waals surface area contributed by atoms with Crippen molar-refractivity contribution in [2.75, 3.05) is 11.9 Å². The van der Waals surface area contributed by atoms with Crippen molar-refractivity contribution in [1.29, 1.82) is 0 Å². The van der Waals surface area contributed by atoms with Crippen LogP contribution in [0.25, 0.3) is 0 Å². The molecule has 1 N–H and O–H groups in total. The number of nitrogens with one attached hydrogen (secondary N) is 1. The maximum atomic E-state index is 12.8. The predicted octanol–water partition coefficient (Wildman–Crippen LogP) is 3.64. The first-order chi connectivity index (χ1) is 9.17. The molecule has 0 aliphatic heterocycles. The summed E-state index contributed by atoms with van der Waals surface area (Å²) in [5.41, 5.74) is 0. The number of rotatable bonds is 5. The first-order valence-corrected chi connectivity index (χ1v) is 6.95. The Morgan fingerprint density at radius 2 is 1.95 bits per heavy atom. The fourth-order valence-electron chi connectivity index (χ4n) is 1.30. The van der Waals surface area contributed by atoms with E-state index in [4.69, 9.17) is 11.6 Å². The van der Waals surface area contributed by atoms with E-state index in [9.17, 15) is 4.39 Å². The van der Waals surface area contributed by atoms with Gasteiger partial charge >= 0.3 is 0 Å². The predicted molar refractivity (Wildman–Crippen MR) is 74.1 cm³/mol. The lowest BCUT2D eigenvalue weighted by Crippen LogP contribution is -2.06. The van der Waals surface area contributed by atoms with Gasteiger partial charge in [0.05, 0.1) is 0 Å². The maximum absolute atomic E-state index is 12.8. The molecule has 0 saturated carbocycles. The van der Waals surface area contributed by atoms with Crippen molar-refractivity contribution in [3.8, 4) is 0 Å². The zero-order chi connectivity index (χ0) is 13.7. The average Bonchev–Trinajstić information content (AvgIpc) is 2.38. The zero-order valence-electron chi connectivity index (χ0n) is 10.2. The third-order valence-corrected chi connectivity index (χ3v) is 3.19. The SMILES string of the molecule is CCCNc1nc(Cl)nc(Sc2ccc(F)cc2)n1. The molecule has 2 aromatic rings. The van der Waals surface area contributed by atoms with E-state index >= 15 is 0 Å². The summed E-state index contributed by atoms with van der Waals surface area (Å²) in [7, 11) is 0. The number of anilines is 1. The van der Waals surface area contributed by atoms with Gasteiger partial charge in [-0.15, -0.1) is 0 Å². The number of hydrogen-bond donors (Lipinski definition) is 1. The summed E-state index contributed by atoms with van der Waals surface area (Å²) >= 11 is 7.15. The van der Waals surface area contributed by atoms with E-state index in [0.29, 0.717) is 11.1 Å². The van der Waals surface area contributed by atoms with E-state index in [-0.39, 0.29) is 11.1 Å². The van der Waals surface area contributed by atoms with Crippen molar-refractivity contribution in [1.82, 2.24) is 15.0 Å². The molecule has 0 aliphatic rings. The molecular weight excluding hydrogens is 287 g/mol. The Bertz CT molecular complexity index is 550. The number of aromatic nitrogens is 3. The molecule has 7 heteroatoms. The second-order valence-corrected chi connectivity index (χ2v) is 5.07. The van der Waals surface area contributed by atoms with Crippen molar-refractivity contribution < 1.29 is 4.39 Å². The highest BCUT2D eigenvalue weighted by Gasteiger charge is 2.06. The molecule has 0 saturated heterocycles. The fourth-order valence-corrected chi connectivity index (χ4v) is 2.26. The van der Waals surface area contributed by atoms with Crippen LogP contribution >= 0.6 is 23.4 Å². The molecule has 0 atom stereocenters. The van der Waals surface area contributed by atoms with E-state index in [0.717, 1.165) is 17.9 Å². The van der Waals surface area contributed by atoms with E-state index in [1.165, 1.54) is 23.9 Å². The van der Waals surface area contributed by atoms with Crippen LogP contribution < -0.4 is 5.32 Å². The van der Waals surface area contributed by atoms with Crippen LogP contribution in [0.15, 0.2) is 34.3 Å². The van der Waals surface area contributed by atoms with Crippen molar-refractivity contribution in [2.24, 2.45) is 0 Å². The molecule has 1 heterocycles. The van der Waals surface area contributed by atoms with Gasteiger partial charge < -0.3 is 5.32 Å². The number of benzene rings is 1. The Morgan fingerprint density at radius 1 is 1.21 bits per heavy atom. The minimum atomic E-state index is -0.275. The monoisotopic (exact) mass is 298 g/mol. The van der Waals surface area contributed by atoms with Gasteiger partial charge in [-0.2, -0.15) is 15.0 Å². The van der Waals surface area contributed by atoms with Crippen LogP contribution in [0, 0.1) is 5.82 Å². The number of hydrogen-bond acceptors (Lipinski definition) is 5. The molecule has 0 aliphatic carbocycles. The summed E-state index contributed by atoms with van der Waals surface area (Å²) in [6.07, 6.45) is 0.962. The fraction of sp³-hybridized carbons (Fsp3) is 0.250. The Labute approximate surface area is 119 Å². The van der Waals surface area contributed by atoms with E-state index in [2.05, 4.69) is 20.3 Å². The number of halogens is 2. The average molecular weight is 299 g/mol. The zero-order valence-corrected chi connectivity index (χ0v) is 11.8. The molecular formula is C12H12ClFN4S. The quantitative estimate of drug-likeness (QED) is 0.913. The summed E-state index contributed by atoms with van der Waals surface area (Å²) in [6, 6.07) is 6.11. The van der Waals surface area contributed by atoms with Crippen LogP contribution in [0.3, 0.4) is 0 Å². The lowest BCUT2D eigenvalue weighted by atomic mass is 10.4. The first kappa shape index (κ1) is 14.0. The van der Waals surface area contributed by atoms with Gasteiger partial charge in [-0.1, -0.05) is 6.92 Å². The molecule has 100 valence electrons. The lowest BCUT2D eigenvalue weighted by Gasteiger charge is -2.05. The summed E-state index contributed by atoms with van der Waals surface area (Å²) in [5, 5.41) is 3.66. The third-order valence-electron chi connectivity index (χ3n) is 2.14. The molecule has 0 amide bonds. The van der Waals surface area contributed by atoms with Gasteiger partial charge in [0.1, 0.15) is 5.82 Å².